The molecular weight excluding hydrogens is 575 g/mol. The molecule has 5 atom stereocenters. The van der Waals surface area contributed by atoms with E-state index >= 15 is 4.39 Å². The summed E-state index contributed by atoms with van der Waals surface area (Å²) < 4.78 is 20.8. The second kappa shape index (κ2) is 10.3. The standard InChI is InChI=1S/C35H34ClFN6O/c1-16(14-38)23-12-26-32(31(37)30(23)22-8-7-9-27(36)18(22)3)40-20(5)25-13-29(19(4)24-10-17(2)41-42(6)35(24)44)43(34(25)26)33-21-11-28(33)39-15-21/h7-10,12-13,16,19,21,28,33,39H,11,15H2,1-6H3/t16?,19?,21-,28-,33+/m1/s1. The van der Waals surface area contributed by atoms with Gasteiger partial charge in [-0.05, 0) is 81.0 Å². The van der Waals surface area contributed by atoms with Crippen molar-refractivity contribution in [2.75, 3.05) is 6.54 Å². The summed E-state index contributed by atoms with van der Waals surface area (Å²) in [6.45, 7) is 10.5. The lowest BCUT2D eigenvalue weighted by Crippen LogP contribution is -2.40. The van der Waals surface area contributed by atoms with Crippen LogP contribution in [0.4, 0.5) is 4.39 Å². The first kappa shape index (κ1) is 28.7. The molecule has 0 radical (unpaired) electrons. The molecule has 9 heteroatoms. The van der Waals surface area contributed by atoms with E-state index in [4.69, 9.17) is 16.6 Å². The lowest BCUT2D eigenvalue weighted by molar-refractivity contribution is 0.221. The van der Waals surface area contributed by atoms with Gasteiger partial charge in [-0.3, -0.25) is 4.79 Å². The van der Waals surface area contributed by atoms with Gasteiger partial charge in [-0.2, -0.15) is 10.4 Å². The van der Waals surface area contributed by atoms with Gasteiger partial charge in [-0.25, -0.2) is 14.1 Å². The molecule has 1 saturated carbocycles. The van der Waals surface area contributed by atoms with Crippen LogP contribution in [-0.4, -0.2) is 31.9 Å². The molecule has 0 spiro atoms. The second-order valence-corrected chi connectivity index (χ2v) is 13.0. The smallest absolute Gasteiger partial charge is 0.270 e. The van der Waals surface area contributed by atoms with Gasteiger partial charge in [0.2, 0.25) is 0 Å². The van der Waals surface area contributed by atoms with Gasteiger partial charge < -0.3 is 9.88 Å². The molecule has 8 rings (SSSR count). The van der Waals surface area contributed by atoms with E-state index in [1.165, 1.54) is 4.68 Å². The van der Waals surface area contributed by atoms with Crippen molar-refractivity contribution >= 4 is 33.4 Å². The summed E-state index contributed by atoms with van der Waals surface area (Å²) in [6.07, 6.45) is 1.08. The van der Waals surface area contributed by atoms with E-state index in [2.05, 4.69) is 34.0 Å². The first-order valence-corrected chi connectivity index (χ1v) is 15.5. The Balaban J connectivity index is 1.59. The number of halogens is 2. The quantitative estimate of drug-likeness (QED) is 0.233. The van der Waals surface area contributed by atoms with Gasteiger partial charge in [0.15, 0.2) is 5.82 Å². The lowest BCUT2D eigenvalue weighted by Gasteiger charge is -2.38. The number of aromatic nitrogens is 4. The Hall–Kier alpha value is -4.06. The van der Waals surface area contributed by atoms with Gasteiger partial charge >= 0.3 is 0 Å². The maximum absolute atomic E-state index is 17.0. The van der Waals surface area contributed by atoms with Gasteiger partial charge in [-0.15, -0.1) is 0 Å². The number of aryl methyl sites for hydroxylation is 3. The summed E-state index contributed by atoms with van der Waals surface area (Å²) in [5, 5.41) is 20.2. The third-order valence-corrected chi connectivity index (χ3v) is 10.4. The molecule has 2 aromatic carbocycles. The molecule has 3 aliphatic rings. The van der Waals surface area contributed by atoms with E-state index in [9.17, 15) is 10.1 Å². The highest BCUT2D eigenvalue weighted by Gasteiger charge is 2.49. The van der Waals surface area contributed by atoms with Crippen molar-refractivity contribution in [3.63, 3.8) is 0 Å². The lowest BCUT2D eigenvalue weighted by atomic mass is 9.79. The van der Waals surface area contributed by atoms with E-state index in [0.29, 0.717) is 50.3 Å². The molecular formula is C35H34ClFN6O. The topological polar surface area (TPSA) is 88.5 Å². The molecule has 7 nitrogen and oxygen atoms in total. The summed E-state index contributed by atoms with van der Waals surface area (Å²) in [4.78, 5) is 18.2. The van der Waals surface area contributed by atoms with Gasteiger partial charge in [0.1, 0.15) is 5.52 Å². The van der Waals surface area contributed by atoms with Crippen LogP contribution in [0.5, 0.6) is 0 Å². The number of rotatable bonds is 5. The van der Waals surface area contributed by atoms with Crippen LogP contribution in [0.25, 0.3) is 32.9 Å². The highest BCUT2D eigenvalue weighted by molar-refractivity contribution is 6.31. The molecule has 5 aromatic rings. The fourth-order valence-electron chi connectivity index (χ4n) is 7.58. The molecule has 0 amide bonds. The molecule has 224 valence electrons. The van der Waals surface area contributed by atoms with Crippen molar-refractivity contribution in [2.45, 2.75) is 65.0 Å². The predicted octanol–water partition coefficient (Wildman–Crippen LogP) is 6.98. The van der Waals surface area contributed by atoms with Crippen LogP contribution in [0.2, 0.25) is 5.02 Å². The minimum atomic E-state index is -0.579. The number of nitrogens with one attached hydrogen (secondary N) is 1. The predicted molar refractivity (Wildman–Crippen MR) is 172 cm³/mol. The van der Waals surface area contributed by atoms with Gasteiger partial charge in [0.05, 0.1) is 29.2 Å². The Morgan fingerprint density at radius 3 is 2.59 bits per heavy atom. The van der Waals surface area contributed by atoms with Crippen molar-refractivity contribution in [3.05, 3.63) is 91.4 Å². The summed E-state index contributed by atoms with van der Waals surface area (Å²) in [6, 6.07) is 14.2. The van der Waals surface area contributed by atoms with Crippen molar-refractivity contribution in [2.24, 2.45) is 13.0 Å². The zero-order chi connectivity index (χ0) is 31.2. The van der Waals surface area contributed by atoms with Gasteiger partial charge in [0.25, 0.3) is 5.56 Å². The average Bonchev–Trinajstić information content (AvgIpc) is 3.73. The number of hydrogen-bond donors (Lipinski definition) is 1. The zero-order valence-electron chi connectivity index (χ0n) is 25.7. The fraction of sp³-hybridized carbons (Fsp3) is 0.371. The summed E-state index contributed by atoms with van der Waals surface area (Å²) in [5.41, 5.74) is 6.56. The van der Waals surface area contributed by atoms with E-state index in [1.807, 2.05) is 39.0 Å². The van der Waals surface area contributed by atoms with Crippen LogP contribution in [0.3, 0.4) is 0 Å². The summed E-state index contributed by atoms with van der Waals surface area (Å²) in [7, 11) is 1.68. The van der Waals surface area contributed by atoms with Crippen molar-refractivity contribution in [3.8, 4) is 17.2 Å². The van der Waals surface area contributed by atoms with E-state index < -0.39 is 11.7 Å². The van der Waals surface area contributed by atoms with Crippen LogP contribution in [0.1, 0.15) is 71.9 Å². The first-order chi connectivity index (χ1) is 21.0. The van der Waals surface area contributed by atoms with E-state index in [0.717, 1.165) is 40.8 Å². The molecule has 44 heavy (non-hydrogen) atoms. The molecule has 2 aliphatic heterocycles. The van der Waals surface area contributed by atoms with Gasteiger partial charge in [0, 0.05) is 63.9 Å². The van der Waals surface area contributed by atoms with Crippen LogP contribution in [0, 0.1) is 43.8 Å². The zero-order valence-corrected chi connectivity index (χ0v) is 26.4. The fourth-order valence-corrected chi connectivity index (χ4v) is 7.76. The number of fused-ring (bicyclic) bond motifs is 4. The minimum Gasteiger partial charge on any atom is -0.338 e. The van der Waals surface area contributed by atoms with E-state index in [1.54, 1.807) is 26.1 Å². The second-order valence-electron chi connectivity index (χ2n) is 12.6. The number of benzene rings is 2. The number of pyridine rings is 1. The molecule has 3 fully saturated rings. The Morgan fingerprint density at radius 2 is 1.91 bits per heavy atom. The van der Waals surface area contributed by atoms with Crippen LogP contribution >= 0.6 is 11.6 Å². The largest absolute Gasteiger partial charge is 0.338 e. The maximum Gasteiger partial charge on any atom is 0.270 e. The molecule has 1 N–H and O–H groups in total. The molecule has 2 saturated heterocycles. The minimum absolute atomic E-state index is 0.132. The van der Waals surface area contributed by atoms with Crippen molar-refractivity contribution in [1.29, 1.82) is 5.26 Å². The number of nitrogens with zero attached hydrogens (tertiary/aromatic N) is 5. The highest BCUT2D eigenvalue weighted by atomic mass is 35.5. The first-order valence-electron chi connectivity index (χ1n) is 15.1. The van der Waals surface area contributed by atoms with Crippen LogP contribution in [0.15, 0.2) is 41.2 Å². The SMILES string of the molecule is Cc1cc(C(C)c2cc3c(C)nc4c(F)c(-c5cccc(Cl)c5C)c(C(C)C#N)cc4c3n2[C@H]2[C@H]3CN[C@@H]2C3)c(=O)n(C)n1. The summed E-state index contributed by atoms with van der Waals surface area (Å²) >= 11 is 6.49. The maximum atomic E-state index is 17.0. The molecule has 1 aliphatic carbocycles. The molecule has 2 unspecified atom stereocenters. The van der Waals surface area contributed by atoms with Crippen molar-refractivity contribution < 1.29 is 4.39 Å². The van der Waals surface area contributed by atoms with Gasteiger partial charge in [-0.1, -0.05) is 30.7 Å². The monoisotopic (exact) mass is 608 g/mol. The third kappa shape index (κ3) is 4.06. The normalized spacial score (nSPS) is 20.6. The number of nitriles is 1. The number of hydrogen-bond acceptors (Lipinski definition) is 5. The molecule has 5 heterocycles. The van der Waals surface area contributed by atoms with Crippen LogP contribution in [-0.2, 0) is 7.05 Å². The third-order valence-electron chi connectivity index (χ3n) is 9.97. The average molecular weight is 609 g/mol. The Kier molecular flexibility index (Phi) is 6.69. The Bertz CT molecular complexity index is 2110. The summed E-state index contributed by atoms with van der Waals surface area (Å²) in [5.74, 6) is -0.841. The van der Waals surface area contributed by atoms with E-state index in [-0.39, 0.29) is 23.0 Å². The Morgan fingerprint density at radius 1 is 1.14 bits per heavy atom. The highest BCUT2D eigenvalue weighted by Crippen LogP contribution is 2.50. The van der Waals surface area contributed by atoms with Crippen LogP contribution < -0.4 is 10.9 Å². The Labute approximate surface area is 260 Å². The van der Waals surface area contributed by atoms with Crippen molar-refractivity contribution in [1.82, 2.24) is 24.6 Å². The molecule has 2 bridgehead atoms. The molecule has 3 aromatic heterocycles.